The summed E-state index contributed by atoms with van der Waals surface area (Å²) in [6.07, 6.45) is 3.94. The van der Waals surface area contributed by atoms with Gasteiger partial charge in [-0.05, 0) is 33.0 Å². The number of hydrogen-bond acceptors (Lipinski definition) is 3. The first kappa shape index (κ1) is 14.7. The van der Waals surface area contributed by atoms with Crippen LogP contribution in [-0.4, -0.2) is 45.0 Å². The average Bonchev–Trinajstić information content (AvgIpc) is 2.42. The van der Waals surface area contributed by atoms with Crippen LogP contribution >= 0.6 is 0 Å². The Morgan fingerprint density at radius 3 is 2.53 bits per heavy atom. The molecule has 0 aromatic rings. The molecule has 0 unspecified atom stereocenters. The van der Waals surface area contributed by atoms with Gasteiger partial charge in [0.25, 0.3) is 0 Å². The number of hydrogen-bond donors (Lipinski definition) is 0. The van der Waals surface area contributed by atoms with E-state index in [0.717, 1.165) is 13.2 Å². The van der Waals surface area contributed by atoms with E-state index in [9.17, 15) is 0 Å². The maximum Gasteiger partial charge on any atom is 0.116 e. The monoisotopic (exact) mass is 257 g/mol. The minimum absolute atomic E-state index is 0.159. The normalized spacial score (nSPS) is 25.6. The molecule has 17 heavy (non-hydrogen) atoms. The predicted octanol–water partition coefficient (Wildman–Crippen LogP) is 2.92. The van der Waals surface area contributed by atoms with Crippen LogP contribution in [0, 0.1) is 0 Å². The fourth-order valence-corrected chi connectivity index (χ4v) is 2.40. The van der Waals surface area contributed by atoms with E-state index in [1.54, 1.807) is 0 Å². The lowest BCUT2D eigenvalue weighted by Crippen LogP contribution is -2.39. The maximum absolute atomic E-state index is 5.70. The molecule has 0 spiro atoms. The van der Waals surface area contributed by atoms with Gasteiger partial charge in [0.05, 0.1) is 25.5 Å². The lowest BCUT2D eigenvalue weighted by molar-refractivity contribution is -0.0402. The maximum atomic E-state index is 5.70. The van der Waals surface area contributed by atoms with Crippen LogP contribution in [0.5, 0.6) is 0 Å². The average molecular weight is 257 g/mol. The third kappa shape index (κ3) is 4.82. The van der Waals surface area contributed by atoms with E-state index >= 15 is 0 Å². The highest BCUT2D eigenvalue weighted by Crippen LogP contribution is 2.25. The largest absolute Gasteiger partial charge is 0.502 e. The van der Waals surface area contributed by atoms with Crippen molar-refractivity contribution in [2.75, 3.05) is 20.3 Å². The zero-order valence-corrected chi connectivity index (χ0v) is 13.1. The topological polar surface area (TPSA) is 21.7 Å². The molecule has 0 radical (unpaired) electrons. The number of rotatable bonds is 5. The first-order chi connectivity index (χ1) is 7.72. The van der Waals surface area contributed by atoms with Gasteiger partial charge in [-0.2, -0.15) is 0 Å². The Bertz CT molecular complexity index is 271. The molecule has 0 aliphatic carbocycles. The van der Waals surface area contributed by atoms with Crippen molar-refractivity contribution in [1.82, 2.24) is 4.90 Å². The molecule has 100 valence electrons. The van der Waals surface area contributed by atoms with Crippen molar-refractivity contribution in [1.29, 1.82) is 0 Å². The van der Waals surface area contributed by atoms with Gasteiger partial charge in [-0.1, -0.05) is 19.6 Å². The summed E-state index contributed by atoms with van der Waals surface area (Å²) < 4.78 is 11.3. The van der Waals surface area contributed by atoms with Crippen molar-refractivity contribution >= 4 is 8.07 Å². The Balaban J connectivity index is 2.27. The minimum Gasteiger partial charge on any atom is -0.502 e. The van der Waals surface area contributed by atoms with Crippen molar-refractivity contribution in [2.24, 2.45) is 0 Å². The third-order valence-corrected chi connectivity index (χ3v) is 5.03. The Morgan fingerprint density at radius 1 is 1.41 bits per heavy atom. The van der Waals surface area contributed by atoms with Gasteiger partial charge in [-0.25, -0.2) is 0 Å². The van der Waals surface area contributed by atoms with E-state index in [2.05, 4.69) is 51.5 Å². The molecule has 1 aliphatic rings. The molecule has 0 bridgehead atoms. The lowest BCUT2D eigenvalue weighted by Gasteiger charge is -2.28. The molecule has 3 nitrogen and oxygen atoms in total. The summed E-state index contributed by atoms with van der Waals surface area (Å²) in [6, 6.07) is 1.54. The van der Waals surface area contributed by atoms with Gasteiger partial charge in [0.2, 0.25) is 0 Å². The third-order valence-electron chi connectivity index (χ3n) is 3.32. The summed E-state index contributed by atoms with van der Waals surface area (Å²) in [5, 5.41) is 0. The Hall–Kier alpha value is -0.323. The SMILES string of the molecule is CN1[C@H](/C=C/OCC[Si](C)(C)C)COC1(C)C. The molecule has 0 N–H and O–H groups in total. The van der Waals surface area contributed by atoms with Gasteiger partial charge < -0.3 is 9.47 Å². The smallest absolute Gasteiger partial charge is 0.116 e. The first-order valence-corrected chi connectivity index (χ1v) is 10.1. The van der Waals surface area contributed by atoms with Gasteiger partial charge in [0.15, 0.2) is 0 Å². The molecule has 1 saturated heterocycles. The molecule has 0 aromatic heterocycles. The zero-order valence-electron chi connectivity index (χ0n) is 12.1. The Morgan fingerprint density at radius 2 is 2.06 bits per heavy atom. The van der Waals surface area contributed by atoms with E-state index in [1.807, 2.05) is 6.26 Å². The molecule has 0 saturated carbocycles. The van der Waals surface area contributed by atoms with Crippen molar-refractivity contribution < 1.29 is 9.47 Å². The highest BCUT2D eigenvalue weighted by molar-refractivity contribution is 6.76. The summed E-state index contributed by atoms with van der Waals surface area (Å²) in [6.45, 7) is 12.9. The summed E-state index contributed by atoms with van der Waals surface area (Å²) >= 11 is 0. The second kappa shape index (κ2) is 5.55. The lowest BCUT2D eigenvalue weighted by atomic mass is 10.2. The van der Waals surface area contributed by atoms with Gasteiger partial charge in [-0.15, -0.1) is 0 Å². The quantitative estimate of drug-likeness (QED) is 0.429. The Labute approximate surface area is 107 Å². The van der Waals surface area contributed by atoms with Crippen LogP contribution in [0.25, 0.3) is 0 Å². The fourth-order valence-electron chi connectivity index (χ4n) is 1.67. The molecule has 4 heteroatoms. The predicted molar refractivity (Wildman–Crippen MR) is 74.8 cm³/mol. The van der Waals surface area contributed by atoms with E-state index in [4.69, 9.17) is 9.47 Å². The molecule has 1 fully saturated rings. The van der Waals surface area contributed by atoms with Crippen molar-refractivity contribution in [2.45, 2.75) is 51.3 Å². The summed E-state index contributed by atoms with van der Waals surface area (Å²) in [4.78, 5) is 2.23. The molecule has 0 amide bonds. The molecular weight excluding hydrogens is 230 g/mol. The van der Waals surface area contributed by atoms with Crippen LogP contribution in [0.4, 0.5) is 0 Å². The summed E-state index contributed by atoms with van der Waals surface area (Å²) in [7, 11) is 1.12. The zero-order chi connectivity index (χ0) is 13.1. The van der Waals surface area contributed by atoms with E-state index in [0.29, 0.717) is 6.04 Å². The van der Waals surface area contributed by atoms with Crippen LogP contribution < -0.4 is 0 Å². The highest BCUT2D eigenvalue weighted by atomic mass is 28.3. The van der Waals surface area contributed by atoms with Gasteiger partial charge in [-0.3, -0.25) is 4.90 Å². The summed E-state index contributed by atoms with van der Waals surface area (Å²) in [5.74, 6) is 0. The minimum atomic E-state index is -0.969. The van der Waals surface area contributed by atoms with E-state index < -0.39 is 8.07 Å². The molecule has 1 atom stereocenters. The number of nitrogens with zero attached hydrogens (tertiary/aromatic N) is 1. The van der Waals surface area contributed by atoms with Crippen LogP contribution in [-0.2, 0) is 9.47 Å². The summed E-state index contributed by atoms with van der Waals surface area (Å²) in [5.41, 5.74) is -0.159. The highest BCUT2D eigenvalue weighted by Gasteiger charge is 2.36. The fraction of sp³-hybridized carbons (Fsp3) is 0.846. The molecular formula is C13H27NO2Si. The van der Waals surface area contributed by atoms with Crippen molar-refractivity contribution in [3.05, 3.63) is 12.3 Å². The van der Waals surface area contributed by atoms with Crippen LogP contribution in [0.1, 0.15) is 13.8 Å². The van der Waals surface area contributed by atoms with E-state index in [1.165, 1.54) is 6.04 Å². The van der Waals surface area contributed by atoms with Gasteiger partial charge in [0.1, 0.15) is 5.72 Å². The van der Waals surface area contributed by atoms with Crippen LogP contribution in [0.15, 0.2) is 12.3 Å². The van der Waals surface area contributed by atoms with Crippen molar-refractivity contribution in [3.8, 4) is 0 Å². The second-order valence-corrected chi connectivity index (χ2v) is 12.1. The molecule has 1 heterocycles. The standard InChI is InChI=1S/C13H27NO2Si/c1-13(2)14(3)12(11-16-13)7-8-15-9-10-17(4,5)6/h7-8,12H,9-11H2,1-6H3/b8-7+/t12-/m1/s1. The van der Waals surface area contributed by atoms with E-state index in [-0.39, 0.29) is 5.72 Å². The number of ether oxygens (including phenoxy) is 2. The number of likely N-dealkylation sites (N-methyl/N-ethyl adjacent to an activating group) is 1. The molecule has 0 aromatic carbocycles. The van der Waals surface area contributed by atoms with Gasteiger partial charge in [0, 0.05) is 8.07 Å². The van der Waals surface area contributed by atoms with Crippen LogP contribution in [0.3, 0.4) is 0 Å². The molecule has 1 rings (SSSR count). The second-order valence-electron chi connectivity index (χ2n) is 6.45. The Kier molecular flexibility index (Phi) is 4.81. The van der Waals surface area contributed by atoms with Gasteiger partial charge >= 0.3 is 0 Å². The van der Waals surface area contributed by atoms with Crippen LogP contribution in [0.2, 0.25) is 25.7 Å². The molecule has 1 aliphatic heterocycles. The van der Waals surface area contributed by atoms with Crippen molar-refractivity contribution in [3.63, 3.8) is 0 Å². The first-order valence-electron chi connectivity index (χ1n) is 6.37.